The Morgan fingerprint density at radius 3 is 2.47 bits per heavy atom. The molecule has 0 N–H and O–H groups in total. The molecule has 0 unspecified atom stereocenters. The van der Waals surface area contributed by atoms with Crippen molar-refractivity contribution in [3.63, 3.8) is 0 Å². The van der Waals surface area contributed by atoms with E-state index in [1.165, 1.54) is 11.1 Å². The molecule has 2 heterocycles. The first-order valence-corrected chi connectivity index (χ1v) is 11.1. The van der Waals surface area contributed by atoms with E-state index in [1.54, 1.807) is 11.8 Å². The molecule has 4 aromatic rings. The molecule has 0 fully saturated rings. The van der Waals surface area contributed by atoms with Crippen LogP contribution in [0.1, 0.15) is 42.4 Å². The van der Waals surface area contributed by atoms with Crippen LogP contribution in [0.4, 0.5) is 0 Å². The minimum Gasteiger partial charge on any atom is -0.271 e. The van der Waals surface area contributed by atoms with Gasteiger partial charge in [-0.05, 0) is 31.0 Å². The second kappa shape index (κ2) is 9.10. The van der Waals surface area contributed by atoms with Crippen molar-refractivity contribution < 1.29 is 0 Å². The van der Waals surface area contributed by atoms with Crippen molar-refractivity contribution >= 4 is 22.9 Å². The van der Waals surface area contributed by atoms with Crippen molar-refractivity contribution in [1.82, 2.24) is 19.5 Å². The summed E-state index contributed by atoms with van der Waals surface area (Å²) in [5, 5.41) is 10.5. The minimum atomic E-state index is 0.346. The van der Waals surface area contributed by atoms with Gasteiger partial charge in [0.1, 0.15) is 17.4 Å². The third kappa shape index (κ3) is 4.22. The van der Waals surface area contributed by atoms with Gasteiger partial charge >= 0.3 is 0 Å². The first-order valence-electron chi connectivity index (χ1n) is 10.1. The average molecular weight is 414 g/mol. The van der Waals surface area contributed by atoms with Gasteiger partial charge in [-0.3, -0.25) is 4.57 Å². The van der Waals surface area contributed by atoms with Crippen molar-refractivity contribution in [3.05, 3.63) is 77.2 Å². The number of nitriles is 1. The molecule has 2 aromatic carbocycles. The third-order valence-electron chi connectivity index (χ3n) is 4.89. The van der Waals surface area contributed by atoms with Gasteiger partial charge in [0.05, 0.1) is 0 Å². The van der Waals surface area contributed by atoms with Crippen LogP contribution in [-0.2, 0) is 12.2 Å². The Labute approximate surface area is 180 Å². The largest absolute Gasteiger partial charge is 0.271 e. The van der Waals surface area contributed by atoms with E-state index < -0.39 is 0 Å². The zero-order chi connectivity index (χ0) is 20.9. The van der Waals surface area contributed by atoms with E-state index in [0.29, 0.717) is 22.7 Å². The van der Waals surface area contributed by atoms with Crippen molar-refractivity contribution in [2.75, 3.05) is 0 Å². The van der Waals surface area contributed by atoms with E-state index in [-0.39, 0.29) is 0 Å². The Bertz CT molecular complexity index is 1190. The van der Waals surface area contributed by atoms with Crippen molar-refractivity contribution in [2.45, 2.75) is 44.0 Å². The van der Waals surface area contributed by atoms with Gasteiger partial charge in [-0.2, -0.15) is 5.26 Å². The van der Waals surface area contributed by atoms with Gasteiger partial charge in [0.15, 0.2) is 16.5 Å². The summed E-state index contributed by atoms with van der Waals surface area (Å²) in [6, 6.07) is 20.8. The Morgan fingerprint density at radius 2 is 1.77 bits per heavy atom. The number of hydrogen-bond acceptors (Lipinski definition) is 5. The lowest BCUT2D eigenvalue weighted by Crippen LogP contribution is -2.03. The molecule has 0 aliphatic carbocycles. The molecular weight excluding hydrogens is 390 g/mol. The Morgan fingerprint density at radius 1 is 1.00 bits per heavy atom. The summed E-state index contributed by atoms with van der Waals surface area (Å²) in [5.41, 5.74) is 5.01. The monoisotopic (exact) mass is 413 g/mol. The molecule has 150 valence electrons. The minimum absolute atomic E-state index is 0.346. The molecule has 0 spiro atoms. The Kier molecular flexibility index (Phi) is 6.10. The van der Waals surface area contributed by atoms with Gasteiger partial charge in [-0.1, -0.05) is 73.1 Å². The highest BCUT2D eigenvalue weighted by molar-refractivity contribution is 7.98. The predicted molar refractivity (Wildman–Crippen MR) is 121 cm³/mol. The SMILES string of the molecule is CCCCc1nc(C#N)c2nc(SCc3ccccc3)n(-c3ccc(C)cc3)c2n1. The van der Waals surface area contributed by atoms with E-state index in [2.05, 4.69) is 65.9 Å². The number of nitrogens with zero attached hydrogens (tertiary/aromatic N) is 5. The smallest absolute Gasteiger partial charge is 0.175 e. The zero-order valence-electron chi connectivity index (χ0n) is 17.2. The summed E-state index contributed by atoms with van der Waals surface area (Å²) in [6.07, 6.45) is 2.80. The molecule has 0 bridgehead atoms. The normalized spacial score (nSPS) is 11.0. The maximum Gasteiger partial charge on any atom is 0.175 e. The van der Waals surface area contributed by atoms with Crippen LogP contribution in [0, 0.1) is 18.3 Å². The summed E-state index contributed by atoms with van der Waals surface area (Å²) < 4.78 is 2.06. The van der Waals surface area contributed by atoms with Crippen LogP contribution >= 0.6 is 11.8 Å². The zero-order valence-corrected chi connectivity index (χ0v) is 18.0. The summed E-state index contributed by atoms with van der Waals surface area (Å²) in [4.78, 5) is 14.1. The van der Waals surface area contributed by atoms with Gasteiger partial charge in [0, 0.05) is 17.9 Å². The molecule has 0 saturated carbocycles. The molecule has 0 saturated heterocycles. The van der Waals surface area contributed by atoms with E-state index in [0.717, 1.165) is 35.9 Å². The molecule has 0 aliphatic heterocycles. The van der Waals surface area contributed by atoms with E-state index >= 15 is 0 Å². The van der Waals surface area contributed by atoms with E-state index in [1.807, 2.05) is 18.2 Å². The number of unbranched alkanes of at least 4 members (excludes halogenated alkanes) is 1. The standard InChI is InChI=1S/C24H23N5S/c1-3-4-10-21-26-20(15-25)22-23(27-21)29(19-13-11-17(2)12-14-19)24(28-22)30-16-18-8-6-5-7-9-18/h5-9,11-14H,3-4,10,16H2,1-2H3. The van der Waals surface area contributed by atoms with Crippen molar-refractivity contribution in [2.24, 2.45) is 0 Å². The fourth-order valence-corrected chi connectivity index (χ4v) is 4.22. The lowest BCUT2D eigenvalue weighted by Gasteiger charge is -2.09. The molecule has 4 rings (SSSR count). The maximum absolute atomic E-state index is 9.70. The summed E-state index contributed by atoms with van der Waals surface area (Å²) in [7, 11) is 0. The quantitative estimate of drug-likeness (QED) is 0.367. The van der Waals surface area contributed by atoms with Crippen LogP contribution in [0.25, 0.3) is 16.9 Å². The molecule has 0 atom stereocenters. The van der Waals surface area contributed by atoms with Gasteiger partial charge in [-0.15, -0.1) is 0 Å². The second-order valence-electron chi connectivity index (χ2n) is 7.22. The number of thioether (sulfide) groups is 1. The number of aryl methyl sites for hydroxylation is 2. The Hall–Kier alpha value is -3.17. The first-order chi connectivity index (χ1) is 14.7. The molecule has 2 aromatic heterocycles. The van der Waals surface area contributed by atoms with Crippen LogP contribution in [0.15, 0.2) is 59.8 Å². The molecule has 0 aliphatic rings. The van der Waals surface area contributed by atoms with Crippen LogP contribution in [0.2, 0.25) is 0 Å². The molecule has 0 amide bonds. The number of aromatic nitrogens is 4. The number of rotatable bonds is 7. The topological polar surface area (TPSA) is 67.4 Å². The highest BCUT2D eigenvalue weighted by Gasteiger charge is 2.19. The highest BCUT2D eigenvalue weighted by Crippen LogP contribution is 2.30. The molecule has 0 radical (unpaired) electrons. The summed E-state index contributed by atoms with van der Waals surface area (Å²) in [5.74, 6) is 1.49. The van der Waals surface area contributed by atoms with Crippen LogP contribution < -0.4 is 0 Å². The molecular formula is C24H23N5S. The second-order valence-corrected chi connectivity index (χ2v) is 8.16. The van der Waals surface area contributed by atoms with Gasteiger partial charge in [-0.25, -0.2) is 15.0 Å². The Balaban J connectivity index is 1.85. The van der Waals surface area contributed by atoms with Crippen LogP contribution in [0.3, 0.4) is 0 Å². The number of benzene rings is 2. The van der Waals surface area contributed by atoms with Crippen molar-refractivity contribution in [1.29, 1.82) is 5.26 Å². The molecule has 30 heavy (non-hydrogen) atoms. The third-order valence-corrected chi connectivity index (χ3v) is 5.89. The highest BCUT2D eigenvalue weighted by atomic mass is 32.2. The molecule has 5 nitrogen and oxygen atoms in total. The lowest BCUT2D eigenvalue weighted by atomic mass is 10.2. The number of imidazole rings is 1. The first kappa shape index (κ1) is 20.1. The van der Waals surface area contributed by atoms with Gasteiger partial charge in [0.25, 0.3) is 0 Å². The predicted octanol–water partition coefficient (Wildman–Crippen LogP) is 5.63. The number of fused-ring (bicyclic) bond motifs is 1. The maximum atomic E-state index is 9.70. The van der Waals surface area contributed by atoms with Crippen LogP contribution in [-0.4, -0.2) is 19.5 Å². The summed E-state index contributed by atoms with van der Waals surface area (Å²) in [6.45, 7) is 4.21. The molecule has 6 heteroatoms. The number of hydrogen-bond donors (Lipinski definition) is 0. The van der Waals surface area contributed by atoms with Crippen LogP contribution in [0.5, 0.6) is 0 Å². The fourth-order valence-electron chi connectivity index (χ4n) is 3.25. The van der Waals surface area contributed by atoms with E-state index in [4.69, 9.17) is 9.97 Å². The van der Waals surface area contributed by atoms with Crippen molar-refractivity contribution in [3.8, 4) is 11.8 Å². The summed E-state index contributed by atoms with van der Waals surface area (Å²) >= 11 is 1.64. The lowest BCUT2D eigenvalue weighted by molar-refractivity contribution is 0.752. The van der Waals surface area contributed by atoms with E-state index in [9.17, 15) is 5.26 Å². The van der Waals surface area contributed by atoms with Gasteiger partial charge < -0.3 is 0 Å². The fraction of sp³-hybridized carbons (Fsp3) is 0.250. The average Bonchev–Trinajstić information content (AvgIpc) is 3.15. The van der Waals surface area contributed by atoms with Gasteiger partial charge in [0.2, 0.25) is 0 Å².